The summed E-state index contributed by atoms with van der Waals surface area (Å²) in [5.41, 5.74) is 1.44. The van der Waals surface area contributed by atoms with Gasteiger partial charge in [0.25, 0.3) is 5.91 Å². The number of benzene rings is 1. The van der Waals surface area contributed by atoms with Gasteiger partial charge < -0.3 is 10.6 Å². The highest BCUT2D eigenvalue weighted by molar-refractivity contribution is 6.31. The van der Waals surface area contributed by atoms with Gasteiger partial charge in [-0.3, -0.25) is 18.9 Å². The molecular formula is C21H21ClN6O3. The number of urea groups is 1. The van der Waals surface area contributed by atoms with E-state index in [9.17, 15) is 14.4 Å². The number of carbonyl (C=O) groups excluding carboxylic acids is 3. The maximum atomic E-state index is 12.6. The number of nitrogens with one attached hydrogen (secondary N) is 2. The largest absolute Gasteiger partial charge is 0.356 e. The lowest BCUT2D eigenvalue weighted by Crippen LogP contribution is -2.36. The average molecular weight is 441 g/mol. The van der Waals surface area contributed by atoms with Crippen molar-refractivity contribution in [2.75, 3.05) is 6.54 Å². The first-order valence-corrected chi connectivity index (χ1v) is 10.3. The van der Waals surface area contributed by atoms with Crippen LogP contribution in [0, 0.1) is 0 Å². The summed E-state index contributed by atoms with van der Waals surface area (Å²) in [5.74, 6) is 0.0812. The zero-order chi connectivity index (χ0) is 21.8. The Bertz CT molecular complexity index is 1130. The Balaban J connectivity index is 1.24. The normalized spacial score (nSPS) is 16.0. The van der Waals surface area contributed by atoms with E-state index < -0.39 is 18.0 Å². The van der Waals surface area contributed by atoms with Gasteiger partial charge in [-0.25, -0.2) is 4.79 Å². The lowest BCUT2D eigenvalue weighted by atomic mass is 10.1. The van der Waals surface area contributed by atoms with E-state index in [0.29, 0.717) is 30.0 Å². The van der Waals surface area contributed by atoms with Crippen molar-refractivity contribution in [1.82, 2.24) is 30.1 Å². The van der Waals surface area contributed by atoms with E-state index in [1.165, 1.54) is 0 Å². The molecule has 2 N–H and O–H groups in total. The summed E-state index contributed by atoms with van der Waals surface area (Å²) < 4.78 is 1.90. The Labute approximate surface area is 183 Å². The van der Waals surface area contributed by atoms with Gasteiger partial charge in [0.1, 0.15) is 11.9 Å². The lowest BCUT2D eigenvalue weighted by Gasteiger charge is -2.14. The Morgan fingerprint density at radius 3 is 2.77 bits per heavy atom. The minimum Gasteiger partial charge on any atom is -0.356 e. The second kappa shape index (κ2) is 9.13. The van der Waals surface area contributed by atoms with Gasteiger partial charge in [-0.2, -0.15) is 0 Å². The second-order valence-corrected chi connectivity index (χ2v) is 7.63. The van der Waals surface area contributed by atoms with Crippen LogP contribution in [0.3, 0.4) is 0 Å². The molecule has 10 heteroatoms. The van der Waals surface area contributed by atoms with Gasteiger partial charge in [0.15, 0.2) is 5.65 Å². The number of aromatic nitrogens is 3. The fourth-order valence-electron chi connectivity index (χ4n) is 3.46. The Morgan fingerprint density at radius 1 is 1.13 bits per heavy atom. The number of rotatable bonds is 8. The van der Waals surface area contributed by atoms with Gasteiger partial charge in [-0.1, -0.05) is 35.9 Å². The smallest absolute Gasteiger partial charge is 0.325 e. The zero-order valence-corrected chi connectivity index (χ0v) is 17.4. The molecule has 0 unspecified atom stereocenters. The number of fused-ring (bicyclic) bond motifs is 1. The summed E-state index contributed by atoms with van der Waals surface area (Å²) in [4.78, 5) is 38.1. The molecule has 0 radical (unpaired) electrons. The van der Waals surface area contributed by atoms with Crippen LogP contribution in [0.5, 0.6) is 0 Å². The summed E-state index contributed by atoms with van der Waals surface area (Å²) in [5, 5.41) is 14.1. The number of nitrogens with zero attached hydrogens (tertiary/aromatic N) is 4. The van der Waals surface area contributed by atoms with Gasteiger partial charge in [-0.15, -0.1) is 10.2 Å². The molecule has 0 bridgehead atoms. The van der Waals surface area contributed by atoms with Crippen molar-refractivity contribution in [2.45, 2.75) is 31.8 Å². The van der Waals surface area contributed by atoms with Crippen molar-refractivity contribution in [3.05, 3.63) is 65.1 Å². The fraction of sp³-hybridized carbons (Fsp3) is 0.286. The lowest BCUT2D eigenvalue weighted by molar-refractivity contribution is -0.131. The average Bonchev–Trinajstić information content (AvgIpc) is 3.29. The van der Waals surface area contributed by atoms with Crippen LogP contribution in [-0.4, -0.2) is 49.9 Å². The van der Waals surface area contributed by atoms with Gasteiger partial charge in [0.2, 0.25) is 5.91 Å². The Kier molecular flexibility index (Phi) is 6.13. The predicted molar refractivity (Wildman–Crippen MR) is 113 cm³/mol. The highest BCUT2D eigenvalue weighted by Gasteiger charge is 2.39. The van der Waals surface area contributed by atoms with Gasteiger partial charge >= 0.3 is 6.03 Å². The molecular weight excluding hydrogens is 420 g/mol. The predicted octanol–water partition coefficient (Wildman–Crippen LogP) is 1.94. The molecule has 3 heterocycles. The summed E-state index contributed by atoms with van der Waals surface area (Å²) >= 11 is 6.12. The van der Waals surface area contributed by atoms with Crippen LogP contribution < -0.4 is 10.6 Å². The van der Waals surface area contributed by atoms with Gasteiger partial charge in [0, 0.05) is 24.2 Å². The summed E-state index contributed by atoms with van der Waals surface area (Å²) in [6.07, 6.45) is 3.10. The topological polar surface area (TPSA) is 109 Å². The van der Waals surface area contributed by atoms with Gasteiger partial charge in [-0.05, 0) is 30.2 Å². The monoisotopic (exact) mass is 440 g/mol. The van der Waals surface area contributed by atoms with E-state index in [2.05, 4.69) is 20.8 Å². The van der Waals surface area contributed by atoms with E-state index in [4.69, 9.17) is 11.6 Å². The molecule has 4 rings (SSSR count). The standard InChI is InChI=1S/C21H21ClN6O3/c22-15-7-2-1-6-14(15)13-28-20(30)16(24-21(28)31)12-19(29)23-10-5-9-18-26-25-17-8-3-4-11-27(17)18/h1-4,6-8,11,16H,5,9-10,12-13H2,(H,23,29)(H,24,31)/t16-/m1/s1. The maximum Gasteiger partial charge on any atom is 0.325 e. The highest BCUT2D eigenvalue weighted by Crippen LogP contribution is 2.20. The van der Waals surface area contributed by atoms with Gasteiger partial charge in [0.05, 0.1) is 13.0 Å². The molecule has 0 spiro atoms. The minimum absolute atomic E-state index is 0.0643. The first kappa shape index (κ1) is 20.8. The molecule has 31 heavy (non-hydrogen) atoms. The van der Waals surface area contributed by atoms with Crippen LogP contribution in [0.15, 0.2) is 48.7 Å². The van der Waals surface area contributed by atoms with E-state index in [-0.39, 0.29) is 18.9 Å². The summed E-state index contributed by atoms with van der Waals surface area (Å²) in [6.45, 7) is 0.494. The molecule has 1 aromatic carbocycles. The Hall–Kier alpha value is -3.46. The van der Waals surface area contributed by atoms with Crippen molar-refractivity contribution < 1.29 is 14.4 Å². The SMILES string of the molecule is O=C(C[C@H]1NC(=O)N(Cc2ccccc2Cl)C1=O)NCCCc1nnc2ccccn12. The van der Waals surface area contributed by atoms with Crippen molar-refractivity contribution in [1.29, 1.82) is 0 Å². The number of hydrogen-bond acceptors (Lipinski definition) is 5. The molecule has 3 aromatic rings. The van der Waals surface area contributed by atoms with Crippen LogP contribution in [0.25, 0.3) is 5.65 Å². The summed E-state index contributed by atoms with van der Waals surface area (Å²) in [6, 6.07) is 11.3. The van der Waals surface area contributed by atoms with Crippen LogP contribution in [0.4, 0.5) is 4.79 Å². The molecule has 4 amide bonds. The second-order valence-electron chi connectivity index (χ2n) is 7.22. The number of amides is 4. The van der Waals surface area contributed by atoms with Crippen molar-refractivity contribution >= 4 is 35.1 Å². The Morgan fingerprint density at radius 2 is 1.94 bits per heavy atom. The molecule has 1 atom stereocenters. The number of aryl methyl sites for hydroxylation is 1. The van der Waals surface area contributed by atoms with Crippen molar-refractivity contribution in [2.24, 2.45) is 0 Å². The highest BCUT2D eigenvalue weighted by atomic mass is 35.5. The maximum absolute atomic E-state index is 12.6. The van der Waals surface area contributed by atoms with Crippen LogP contribution in [-0.2, 0) is 22.6 Å². The van der Waals surface area contributed by atoms with E-state index >= 15 is 0 Å². The van der Waals surface area contributed by atoms with E-state index in [1.54, 1.807) is 24.3 Å². The zero-order valence-electron chi connectivity index (χ0n) is 16.6. The first-order chi connectivity index (χ1) is 15.0. The third-order valence-electron chi connectivity index (χ3n) is 5.07. The number of pyridine rings is 1. The number of hydrogen-bond donors (Lipinski definition) is 2. The minimum atomic E-state index is -0.879. The third-order valence-corrected chi connectivity index (χ3v) is 5.44. The molecule has 160 valence electrons. The molecule has 1 aliphatic heterocycles. The van der Waals surface area contributed by atoms with E-state index in [0.717, 1.165) is 16.4 Å². The molecule has 1 saturated heterocycles. The number of halogens is 1. The molecule has 1 aliphatic rings. The number of carbonyl (C=O) groups is 3. The molecule has 0 aliphatic carbocycles. The molecule has 9 nitrogen and oxygen atoms in total. The van der Waals surface area contributed by atoms with Crippen LogP contribution in [0.1, 0.15) is 24.2 Å². The van der Waals surface area contributed by atoms with Crippen molar-refractivity contribution in [3.8, 4) is 0 Å². The molecule has 1 fully saturated rings. The first-order valence-electron chi connectivity index (χ1n) is 9.93. The molecule has 2 aromatic heterocycles. The van der Waals surface area contributed by atoms with Crippen LogP contribution >= 0.6 is 11.6 Å². The third kappa shape index (κ3) is 4.66. The number of imide groups is 1. The quantitative estimate of drug-likeness (QED) is 0.411. The fourth-order valence-corrected chi connectivity index (χ4v) is 3.65. The van der Waals surface area contributed by atoms with Crippen LogP contribution in [0.2, 0.25) is 5.02 Å². The van der Waals surface area contributed by atoms with Crippen molar-refractivity contribution in [3.63, 3.8) is 0 Å². The molecule has 0 saturated carbocycles. The summed E-state index contributed by atoms with van der Waals surface area (Å²) in [7, 11) is 0. The van der Waals surface area contributed by atoms with E-state index in [1.807, 2.05) is 28.8 Å².